The Labute approximate surface area is 263 Å². The van der Waals surface area contributed by atoms with Gasteiger partial charge in [0.15, 0.2) is 0 Å². The molecule has 0 aliphatic heterocycles. The van der Waals surface area contributed by atoms with E-state index < -0.39 is 36.0 Å². The molecule has 0 aliphatic carbocycles. The minimum atomic E-state index is -0.843. The Morgan fingerprint density at radius 2 is 1.32 bits per heavy atom. The molecule has 1 aromatic rings. The van der Waals surface area contributed by atoms with Crippen molar-refractivity contribution in [1.82, 2.24) is 36.9 Å². The summed E-state index contributed by atoms with van der Waals surface area (Å²) in [6.45, 7) is 17.7. The topological polar surface area (TPSA) is 170 Å². The molecule has 0 saturated heterocycles. The van der Waals surface area contributed by atoms with Crippen molar-refractivity contribution in [2.45, 2.75) is 112 Å². The SMILES string of the molecule is CCC[C@H](NC(=O)[C@@H](NC(=O)c1ccncc1)C(C)C)C(=O)N[C@H](CN[C@@H](C)C(=O)N[C@H](C(=O)NCC)C(C)C)CC(C)C. The molecule has 248 valence electrons. The van der Waals surface area contributed by atoms with Crippen molar-refractivity contribution >= 4 is 29.5 Å². The molecule has 12 heteroatoms. The van der Waals surface area contributed by atoms with E-state index in [2.05, 4.69) is 36.9 Å². The normalized spacial score (nSPS) is 14.7. The predicted molar refractivity (Wildman–Crippen MR) is 171 cm³/mol. The summed E-state index contributed by atoms with van der Waals surface area (Å²) in [4.78, 5) is 68.7. The van der Waals surface area contributed by atoms with E-state index in [0.29, 0.717) is 37.9 Å². The van der Waals surface area contributed by atoms with Crippen LogP contribution in [0.2, 0.25) is 0 Å². The van der Waals surface area contributed by atoms with Crippen molar-refractivity contribution in [2.24, 2.45) is 17.8 Å². The van der Waals surface area contributed by atoms with E-state index in [0.717, 1.165) is 0 Å². The maximum Gasteiger partial charge on any atom is 0.252 e. The molecule has 5 amide bonds. The fourth-order valence-corrected chi connectivity index (χ4v) is 4.66. The fraction of sp³-hybridized carbons (Fsp3) is 0.688. The molecule has 1 aromatic heterocycles. The molecule has 44 heavy (non-hydrogen) atoms. The van der Waals surface area contributed by atoms with E-state index in [1.165, 1.54) is 12.4 Å². The minimum absolute atomic E-state index is 0.0874. The third kappa shape index (κ3) is 13.4. The maximum absolute atomic E-state index is 13.5. The van der Waals surface area contributed by atoms with Gasteiger partial charge in [-0.1, -0.05) is 54.9 Å². The van der Waals surface area contributed by atoms with E-state index in [-0.39, 0.29) is 41.5 Å². The van der Waals surface area contributed by atoms with Crippen LogP contribution in [0.1, 0.15) is 91.9 Å². The van der Waals surface area contributed by atoms with Crippen LogP contribution in [0.15, 0.2) is 24.5 Å². The highest BCUT2D eigenvalue weighted by atomic mass is 16.2. The van der Waals surface area contributed by atoms with E-state index in [9.17, 15) is 24.0 Å². The molecule has 0 saturated carbocycles. The first kappa shape index (κ1) is 38.5. The number of pyridine rings is 1. The van der Waals surface area contributed by atoms with Gasteiger partial charge in [-0.2, -0.15) is 0 Å². The maximum atomic E-state index is 13.5. The number of hydrogen-bond donors (Lipinski definition) is 6. The number of rotatable bonds is 19. The smallest absolute Gasteiger partial charge is 0.252 e. The summed E-state index contributed by atoms with van der Waals surface area (Å²) >= 11 is 0. The van der Waals surface area contributed by atoms with Crippen LogP contribution in [-0.2, 0) is 19.2 Å². The first-order valence-corrected chi connectivity index (χ1v) is 15.8. The molecule has 0 unspecified atom stereocenters. The summed E-state index contributed by atoms with van der Waals surface area (Å²) in [5.41, 5.74) is 0.386. The van der Waals surface area contributed by atoms with Gasteiger partial charge >= 0.3 is 0 Å². The zero-order valence-corrected chi connectivity index (χ0v) is 28.0. The minimum Gasteiger partial charge on any atom is -0.355 e. The van der Waals surface area contributed by atoms with Crippen molar-refractivity contribution in [1.29, 1.82) is 0 Å². The highest BCUT2D eigenvalue weighted by Crippen LogP contribution is 2.09. The number of carbonyl (C=O) groups is 5. The van der Waals surface area contributed by atoms with Gasteiger partial charge in [0.2, 0.25) is 23.6 Å². The Bertz CT molecular complexity index is 1060. The van der Waals surface area contributed by atoms with E-state index in [1.807, 2.05) is 55.4 Å². The second kappa shape index (κ2) is 19.7. The number of nitrogens with one attached hydrogen (secondary N) is 6. The monoisotopic (exact) mass is 617 g/mol. The van der Waals surface area contributed by atoms with Crippen LogP contribution in [0.3, 0.4) is 0 Å². The fourth-order valence-electron chi connectivity index (χ4n) is 4.66. The van der Waals surface area contributed by atoms with Gasteiger partial charge in [-0.15, -0.1) is 0 Å². The second-order valence-electron chi connectivity index (χ2n) is 12.4. The molecule has 0 bridgehead atoms. The predicted octanol–water partition coefficient (Wildman–Crippen LogP) is 1.91. The Morgan fingerprint density at radius 1 is 0.727 bits per heavy atom. The number of carbonyl (C=O) groups excluding carboxylic acids is 5. The van der Waals surface area contributed by atoms with Gasteiger partial charge in [0, 0.05) is 37.1 Å². The van der Waals surface area contributed by atoms with E-state index in [4.69, 9.17) is 0 Å². The van der Waals surface area contributed by atoms with Crippen LogP contribution in [0.4, 0.5) is 0 Å². The Balaban J connectivity index is 2.91. The molecular formula is C32H55N7O5. The molecule has 0 radical (unpaired) electrons. The summed E-state index contributed by atoms with van der Waals surface area (Å²) in [6.07, 6.45) is 4.72. The van der Waals surface area contributed by atoms with Gasteiger partial charge in [-0.05, 0) is 56.6 Å². The zero-order chi connectivity index (χ0) is 33.4. The van der Waals surface area contributed by atoms with E-state index >= 15 is 0 Å². The zero-order valence-electron chi connectivity index (χ0n) is 28.0. The van der Waals surface area contributed by atoms with Crippen LogP contribution in [0, 0.1) is 17.8 Å². The average Bonchev–Trinajstić information content (AvgIpc) is 2.96. The van der Waals surface area contributed by atoms with Crippen molar-refractivity contribution in [3.63, 3.8) is 0 Å². The van der Waals surface area contributed by atoms with Crippen LogP contribution in [0.25, 0.3) is 0 Å². The van der Waals surface area contributed by atoms with Gasteiger partial charge in [-0.3, -0.25) is 29.0 Å². The van der Waals surface area contributed by atoms with Gasteiger partial charge in [0.25, 0.3) is 5.91 Å². The third-order valence-corrected chi connectivity index (χ3v) is 7.15. The Kier molecular flexibility index (Phi) is 17.2. The number of nitrogens with zero attached hydrogens (tertiary/aromatic N) is 1. The molecule has 6 N–H and O–H groups in total. The molecule has 0 aliphatic rings. The molecule has 12 nitrogen and oxygen atoms in total. The average molecular weight is 618 g/mol. The third-order valence-electron chi connectivity index (χ3n) is 7.15. The first-order chi connectivity index (χ1) is 20.7. The molecule has 1 heterocycles. The summed E-state index contributed by atoms with van der Waals surface area (Å²) in [6, 6.07) is -0.0885. The van der Waals surface area contributed by atoms with Crippen molar-refractivity contribution in [3.05, 3.63) is 30.1 Å². The van der Waals surface area contributed by atoms with Crippen LogP contribution < -0.4 is 31.9 Å². The summed E-state index contributed by atoms with van der Waals surface area (Å²) in [5, 5.41) is 17.5. The lowest BCUT2D eigenvalue weighted by molar-refractivity contribution is -0.131. The summed E-state index contributed by atoms with van der Waals surface area (Å²) in [7, 11) is 0. The lowest BCUT2D eigenvalue weighted by Crippen LogP contribution is -2.58. The van der Waals surface area contributed by atoms with Crippen LogP contribution in [-0.4, -0.2) is 77.8 Å². The van der Waals surface area contributed by atoms with Crippen molar-refractivity contribution in [3.8, 4) is 0 Å². The van der Waals surface area contributed by atoms with Crippen LogP contribution in [0.5, 0.6) is 0 Å². The number of aromatic nitrogens is 1. The van der Waals surface area contributed by atoms with Gasteiger partial charge < -0.3 is 31.9 Å². The second-order valence-corrected chi connectivity index (χ2v) is 12.4. The molecule has 0 fully saturated rings. The number of likely N-dealkylation sites (N-methyl/N-ethyl adjacent to an activating group) is 1. The highest BCUT2D eigenvalue weighted by Gasteiger charge is 2.30. The number of hydrogen-bond acceptors (Lipinski definition) is 7. The molecule has 0 aromatic carbocycles. The summed E-state index contributed by atoms with van der Waals surface area (Å²) < 4.78 is 0. The van der Waals surface area contributed by atoms with Gasteiger partial charge in [-0.25, -0.2) is 0 Å². The lowest BCUT2D eigenvalue weighted by atomic mass is 10.0. The highest BCUT2D eigenvalue weighted by molar-refractivity contribution is 5.98. The van der Waals surface area contributed by atoms with Gasteiger partial charge in [0.05, 0.1) is 6.04 Å². The Morgan fingerprint density at radius 3 is 1.84 bits per heavy atom. The Hall–Kier alpha value is -3.54. The van der Waals surface area contributed by atoms with Crippen LogP contribution >= 0.6 is 0 Å². The van der Waals surface area contributed by atoms with Gasteiger partial charge in [0.1, 0.15) is 18.1 Å². The van der Waals surface area contributed by atoms with E-state index in [1.54, 1.807) is 19.1 Å². The lowest BCUT2D eigenvalue weighted by Gasteiger charge is -2.28. The quantitative estimate of drug-likeness (QED) is 0.138. The molecule has 1 rings (SSSR count). The van der Waals surface area contributed by atoms with Crippen molar-refractivity contribution < 1.29 is 24.0 Å². The van der Waals surface area contributed by atoms with Crippen molar-refractivity contribution in [2.75, 3.05) is 13.1 Å². The largest absolute Gasteiger partial charge is 0.355 e. The molecular weight excluding hydrogens is 562 g/mol. The number of amides is 5. The molecule has 5 atom stereocenters. The standard InChI is InChI=1S/C32H55N7O5/c1-10-12-25(37-32(44)27(21(7)8)39-29(41)23-13-15-33-16-14-23)30(42)36-24(17-19(3)4)18-35-22(9)28(40)38-26(20(5)6)31(43)34-11-2/h13-16,19-22,24-27,35H,10-12,17-18H2,1-9H3,(H,34,43)(H,36,42)(H,37,44)(H,38,40)(H,39,41)/t22-,24-,25-,26-,27-/m0/s1. The summed E-state index contributed by atoms with van der Waals surface area (Å²) in [5.74, 6) is -1.76. The molecule has 0 spiro atoms. The first-order valence-electron chi connectivity index (χ1n) is 15.8.